The van der Waals surface area contributed by atoms with Gasteiger partial charge in [-0.3, -0.25) is 4.79 Å². The van der Waals surface area contributed by atoms with Crippen molar-refractivity contribution in [3.63, 3.8) is 0 Å². The summed E-state index contributed by atoms with van der Waals surface area (Å²) in [5.41, 5.74) is 6.57. The molecule has 1 aliphatic carbocycles. The van der Waals surface area contributed by atoms with E-state index in [-0.39, 0.29) is 5.78 Å². The fraction of sp³-hybridized carbons (Fsp3) is 0.226. The first-order valence-electron chi connectivity index (χ1n) is 12.4. The molecule has 7 heteroatoms. The number of fused-ring (bicyclic) bond motifs is 2. The van der Waals surface area contributed by atoms with Gasteiger partial charge in [0.2, 0.25) is 0 Å². The molecule has 0 bridgehead atoms. The third-order valence-electron chi connectivity index (χ3n) is 6.80. The number of Topliss-reactive ketones (excluding diaryl/α,β-unsaturated/α-hetero) is 1. The molecule has 2 aliphatic rings. The van der Waals surface area contributed by atoms with E-state index in [0.29, 0.717) is 62.9 Å². The highest BCUT2D eigenvalue weighted by molar-refractivity contribution is 9.10. The highest BCUT2D eigenvalue weighted by Gasteiger charge is 2.43. The number of ketones is 1. The fourth-order valence-electron chi connectivity index (χ4n) is 5.14. The van der Waals surface area contributed by atoms with E-state index in [1.165, 1.54) is 7.11 Å². The maximum Gasteiger partial charge on any atom is 0.336 e. The Labute approximate surface area is 230 Å². The van der Waals surface area contributed by atoms with Gasteiger partial charge in [0.25, 0.3) is 0 Å². The van der Waals surface area contributed by atoms with Crippen molar-refractivity contribution in [1.82, 2.24) is 5.32 Å². The molecule has 1 atom stereocenters. The number of hydrogen-bond acceptors (Lipinski definition) is 6. The summed E-state index contributed by atoms with van der Waals surface area (Å²) in [6, 6.07) is 19.3. The zero-order valence-electron chi connectivity index (χ0n) is 21.7. The number of allylic oxidation sites excluding steroid dienone is 2. The van der Waals surface area contributed by atoms with Crippen LogP contribution in [0.2, 0.25) is 0 Å². The maximum absolute atomic E-state index is 13.7. The number of ether oxygens (including phenoxy) is 3. The molecule has 0 spiro atoms. The summed E-state index contributed by atoms with van der Waals surface area (Å²) in [6.45, 7) is 6.56. The lowest BCUT2D eigenvalue weighted by atomic mass is 9.79. The summed E-state index contributed by atoms with van der Waals surface area (Å²) < 4.78 is 18.0. The van der Waals surface area contributed by atoms with Crippen molar-refractivity contribution in [2.45, 2.75) is 33.3 Å². The molecule has 0 unspecified atom stereocenters. The van der Waals surface area contributed by atoms with Crippen molar-refractivity contribution < 1.29 is 23.8 Å². The lowest BCUT2D eigenvalue weighted by molar-refractivity contribution is -0.136. The van der Waals surface area contributed by atoms with Gasteiger partial charge in [-0.1, -0.05) is 70.0 Å². The maximum atomic E-state index is 13.7. The summed E-state index contributed by atoms with van der Waals surface area (Å²) in [5.74, 6) is -0.193. The SMILES string of the molecule is CCOc1cc([C@@H]2C(C(=O)OC)=C(C)NC3=C2C(=O)c2ccccc23)c(Br)cc1OCc1cccc(C)c1. The highest BCUT2D eigenvalue weighted by Crippen LogP contribution is 2.50. The van der Waals surface area contributed by atoms with Gasteiger partial charge in [0.05, 0.1) is 30.9 Å². The molecule has 0 saturated heterocycles. The van der Waals surface area contributed by atoms with E-state index in [4.69, 9.17) is 14.2 Å². The number of benzene rings is 3. The Morgan fingerprint density at radius 2 is 1.71 bits per heavy atom. The zero-order valence-corrected chi connectivity index (χ0v) is 23.3. The van der Waals surface area contributed by atoms with Crippen LogP contribution < -0.4 is 14.8 Å². The monoisotopic (exact) mass is 573 g/mol. The van der Waals surface area contributed by atoms with Crippen molar-refractivity contribution in [2.24, 2.45) is 0 Å². The normalized spacial score (nSPS) is 16.1. The van der Waals surface area contributed by atoms with E-state index in [1.807, 2.05) is 75.4 Å². The molecule has 5 rings (SSSR count). The van der Waals surface area contributed by atoms with Crippen molar-refractivity contribution in [2.75, 3.05) is 13.7 Å². The van der Waals surface area contributed by atoms with Gasteiger partial charge in [0.15, 0.2) is 17.3 Å². The van der Waals surface area contributed by atoms with E-state index in [1.54, 1.807) is 0 Å². The molecule has 38 heavy (non-hydrogen) atoms. The molecule has 1 aliphatic heterocycles. The number of esters is 1. The number of carbonyl (C=O) groups excluding carboxylic acids is 2. The molecule has 3 aromatic carbocycles. The molecule has 6 nitrogen and oxygen atoms in total. The topological polar surface area (TPSA) is 73.9 Å². The standard InChI is InChI=1S/C31H28BrNO5/c1-5-37-24-14-22(23(32)15-25(24)38-16-19-10-8-9-17(2)13-19)27-26(31(35)36-4)18(3)33-29-20-11-6-7-12-21(20)30(34)28(27)29/h6-15,27,33H,5,16H2,1-4H3/t27-/m1/s1. The first-order chi connectivity index (χ1) is 18.3. The van der Waals surface area contributed by atoms with E-state index >= 15 is 0 Å². The number of aryl methyl sites for hydroxylation is 1. The fourth-order valence-corrected chi connectivity index (χ4v) is 5.69. The third-order valence-corrected chi connectivity index (χ3v) is 7.49. The minimum absolute atomic E-state index is 0.119. The second-order valence-electron chi connectivity index (χ2n) is 9.28. The number of carbonyl (C=O) groups is 2. The van der Waals surface area contributed by atoms with Crippen LogP contribution >= 0.6 is 15.9 Å². The molecule has 0 saturated carbocycles. The van der Waals surface area contributed by atoms with Crippen LogP contribution in [0.3, 0.4) is 0 Å². The highest BCUT2D eigenvalue weighted by atomic mass is 79.9. The van der Waals surface area contributed by atoms with Crippen molar-refractivity contribution in [3.05, 3.63) is 110 Å². The molecule has 0 radical (unpaired) electrons. The Morgan fingerprint density at radius 3 is 2.42 bits per heavy atom. The summed E-state index contributed by atoms with van der Waals surface area (Å²) in [6.07, 6.45) is 0. The van der Waals surface area contributed by atoms with Gasteiger partial charge in [-0.2, -0.15) is 0 Å². The van der Waals surface area contributed by atoms with Crippen LogP contribution in [0.1, 0.15) is 52.4 Å². The Hall–Kier alpha value is -3.84. The molecule has 1 N–H and O–H groups in total. The average molecular weight is 574 g/mol. The number of dihydropyridines is 1. The summed E-state index contributed by atoms with van der Waals surface area (Å²) in [4.78, 5) is 26.8. The van der Waals surface area contributed by atoms with E-state index in [9.17, 15) is 9.59 Å². The third kappa shape index (κ3) is 4.52. The zero-order chi connectivity index (χ0) is 27.0. The minimum Gasteiger partial charge on any atom is -0.490 e. The number of nitrogens with one attached hydrogen (secondary N) is 1. The molecule has 0 fully saturated rings. The Balaban J connectivity index is 1.62. The quantitative estimate of drug-likeness (QED) is 0.326. The van der Waals surface area contributed by atoms with Gasteiger partial charge in [-0.15, -0.1) is 0 Å². The largest absolute Gasteiger partial charge is 0.490 e. The van der Waals surface area contributed by atoms with Crippen LogP contribution in [0.5, 0.6) is 11.5 Å². The smallest absolute Gasteiger partial charge is 0.336 e. The van der Waals surface area contributed by atoms with Gasteiger partial charge >= 0.3 is 5.97 Å². The second kappa shape index (κ2) is 10.5. The van der Waals surface area contributed by atoms with Gasteiger partial charge in [-0.05, 0) is 44.0 Å². The molecule has 3 aromatic rings. The first-order valence-corrected chi connectivity index (χ1v) is 13.2. The predicted octanol–water partition coefficient (Wildman–Crippen LogP) is 6.48. The van der Waals surface area contributed by atoms with Crippen molar-refractivity contribution >= 4 is 33.4 Å². The summed E-state index contributed by atoms with van der Waals surface area (Å²) in [5, 5.41) is 3.31. The molecule has 194 valence electrons. The van der Waals surface area contributed by atoms with Crippen LogP contribution in [0.15, 0.2) is 82.0 Å². The van der Waals surface area contributed by atoms with E-state index in [2.05, 4.69) is 27.3 Å². The first kappa shape index (κ1) is 25.8. The van der Waals surface area contributed by atoms with E-state index in [0.717, 1.165) is 16.7 Å². The van der Waals surface area contributed by atoms with Gasteiger partial charge in [0, 0.05) is 26.9 Å². The number of halogens is 1. The Kier molecular flexibility index (Phi) is 7.13. The lowest BCUT2D eigenvalue weighted by Gasteiger charge is -2.30. The van der Waals surface area contributed by atoms with Gasteiger partial charge < -0.3 is 19.5 Å². The van der Waals surface area contributed by atoms with Crippen LogP contribution in [0.25, 0.3) is 5.70 Å². The van der Waals surface area contributed by atoms with E-state index < -0.39 is 11.9 Å². The van der Waals surface area contributed by atoms with Gasteiger partial charge in [-0.25, -0.2) is 4.79 Å². The second-order valence-corrected chi connectivity index (χ2v) is 10.1. The number of rotatable bonds is 7. The van der Waals surface area contributed by atoms with Crippen LogP contribution in [0.4, 0.5) is 0 Å². The van der Waals surface area contributed by atoms with Gasteiger partial charge in [0.1, 0.15) is 6.61 Å². The minimum atomic E-state index is -0.669. The van der Waals surface area contributed by atoms with Crippen LogP contribution in [-0.2, 0) is 16.1 Å². The summed E-state index contributed by atoms with van der Waals surface area (Å²) >= 11 is 3.71. The molecular weight excluding hydrogens is 546 g/mol. The number of hydrogen-bond donors (Lipinski definition) is 1. The lowest BCUT2D eigenvalue weighted by Crippen LogP contribution is -2.29. The Morgan fingerprint density at radius 1 is 0.974 bits per heavy atom. The van der Waals surface area contributed by atoms with Crippen LogP contribution in [-0.4, -0.2) is 25.5 Å². The van der Waals surface area contributed by atoms with Crippen molar-refractivity contribution in [1.29, 1.82) is 0 Å². The molecule has 0 amide bonds. The molecule has 1 heterocycles. The number of methoxy groups -OCH3 is 1. The average Bonchev–Trinajstić information content (AvgIpc) is 3.19. The summed E-state index contributed by atoms with van der Waals surface area (Å²) in [7, 11) is 1.34. The Bertz CT molecular complexity index is 1520. The predicted molar refractivity (Wildman–Crippen MR) is 149 cm³/mol. The van der Waals surface area contributed by atoms with Crippen LogP contribution in [0, 0.1) is 6.92 Å². The molecule has 0 aromatic heterocycles. The van der Waals surface area contributed by atoms with Crippen molar-refractivity contribution in [3.8, 4) is 11.5 Å². The molecular formula is C31H28BrNO5.